The summed E-state index contributed by atoms with van der Waals surface area (Å²) in [5.74, 6) is 0.148. The molecule has 0 saturated heterocycles. The molecule has 2 unspecified atom stereocenters. The first-order valence-electron chi connectivity index (χ1n) is 7.31. The highest BCUT2D eigenvalue weighted by atomic mass is 16.1. The average Bonchev–Trinajstić information content (AvgIpc) is 2.59. The maximum Gasteiger partial charge on any atom is 0.171 e. The third kappa shape index (κ3) is 1.62. The molecule has 2 bridgehead atoms. The smallest absolute Gasteiger partial charge is 0.171 e. The number of Topliss-reactive ketones (excluding diaryl/α,β-unsaturated/α-hetero) is 1. The van der Waals surface area contributed by atoms with Crippen LogP contribution in [-0.4, -0.2) is 12.8 Å². The number of carbonyl (C=O) groups is 1. The van der Waals surface area contributed by atoms with Crippen LogP contribution in [0.1, 0.15) is 35.6 Å². The maximum atomic E-state index is 13.0. The molecular formula is C19H17NO. The lowest BCUT2D eigenvalue weighted by Crippen LogP contribution is -2.38. The highest BCUT2D eigenvalue weighted by Gasteiger charge is 2.40. The standard InChI is InChI=1S/C19H17NO/c1-12-11-16-14-8-5-6-10-17(14)20(2)18(19(16)21)15-9-4-3-7-13(12)15/h3-11,16,18H,1-2H3. The minimum Gasteiger partial charge on any atom is -0.360 e. The number of allylic oxidation sites excluding steroid dienone is 2. The van der Waals surface area contributed by atoms with Gasteiger partial charge >= 0.3 is 0 Å². The molecule has 21 heavy (non-hydrogen) atoms. The summed E-state index contributed by atoms with van der Waals surface area (Å²) in [5.41, 5.74) is 5.78. The van der Waals surface area contributed by atoms with Gasteiger partial charge in [0.05, 0.1) is 5.92 Å². The van der Waals surface area contributed by atoms with E-state index in [0.29, 0.717) is 0 Å². The Morgan fingerprint density at radius 2 is 1.62 bits per heavy atom. The van der Waals surface area contributed by atoms with Gasteiger partial charge in [-0.15, -0.1) is 0 Å². The third-order valence-corrected chi connectivity index (χ3v) is 4.71. The van der Waals surface area contributed by atoms with E-state index in [1.54, 1.807) is 0 Å². The first kappa shape index (κ1) is 12.4. The number of ketones is 1. The van der Waals surface area contributed by atoms with Crippen LogP contribution in [0.4, 0.5) is 5.69 Å². The lowest BCUT2D eigenvalue weighted by Gasteiger charge is -2.37. The Bertz CT molecular complexity index is 775. The zero-order chi connectivity index (χ0) is 14.6. The van der Waals surface area contributed by atoms with Gasteiger partial charge in [0.25, 0.3) is 0 Å². The van der Waals surface area contributed by atoms with E-state index in [4.69, 9.17) is 0 Å². The molecule has 0 spiro atoms. The van der Waals surface area contributed by atoms with Gasteiger partial charge in [0.2, 0.25) is 0 Å². The predicted octanol–water partition coefficient (Wildman–Crippen LogP) is 3.95. The summed E-state index contributed by atoms with van der Waals surface area (Å²) in [7, 11) is 2.02. The average molecular weight is 275 g/mol. The highest BCUT2D eigenvalue weighted by Crippen LogP contribution is 2.46. The summed E-state index contributed by atoms with van der Waals surface area (Å²) in [6, 6.07) is 16.3. The topological polar surface area (TPSA) is 20.3 Å². The molecule has 2 aliphatic rings. The summed E-state index contributed by atoms with van der Waals surface area (Å²) < 4.78 is 0. The molecule has 0 N–H and O–H groups in total. The first-order chi connectivity index (χ1) is 10.2. The molecule has 0 aromatic heterocycles. The minimum atomic E-state index is -0.185. The number of hydrogen-bond donors (Lipinski definition) is 0. The van der Waals surface area contributed by atoms with Crippen LogP contribution >= 0.6 is 0 Å². The number of rotatable bonds is 0. The second kappa shape index (κ2) is 4.32. The van der Waals surface area contributed by atoms with E-state index in [0.717, 1.165) is 16.8 Å². The van der Waals surface area contributed by atoms with Crippen molar-refractivity contribution in [2.45, 2.75) is 18.9 Å². The zero-order valence-corrected chi connectivity index (χ0v) is 12.2. The van der Waals surface area contributed by atoms with Gasteiger partial charge in [-0.05, 0) is 35.3 Å². The Kier molecular flexibility index (Phi) is 2.55. The van der Waals surface area contributed by atoms with Gasteiger partial charge in [-0.3, -0.25) is 4.79 Å². The number of para-hydroxylation sites is 1. The number of anilines is 1. The zero-order valence-electron chi connectivity index (χ0n) is 12.2. The normalized spacial score (nSPS) is 23.0. The van der Waals surface area contributed by atoms with Crippen LogP contribution in [0.2, 0.25) is 0 Å². The highest BCUT2D eigenvalue weighted by molar-refractivity contribution is 6.02. The molecule has 2 aromatic rings. The second-order valence-corrected chi connectivity index (χ2v) is 5.89. The van der Waals surface area contributed by atoms with Crippen molar-refractivity contribution in [3.8, 4) is 0 Å². The quantitative estimate of drug-likeness (QED) is 0.725. The number of benzene rings is 2. The van der Waals surface area contributed by atoms with E-state index < -0.39 is 0 Å². The largest absolute Gasteiger partial charge is 0.360 e. The van der Waals surface area contributed by atoms with Crippen LogP contribution < -0.4 is 4.90 Å². The monoisotopic (exact) mass is 275 g/mol. The van der Waals surface area contributed by atoms with E-state index in [-0.39, 0.29) is 17.7 Å². The van der Waals surface area contributed by atoms with Crippen LogP contribution in [0.5, 0.6) is 0 Å². The maximum absolute atomic E-state index is 13.0. The SMILES string of the molecule is CC1=CC2C(=O)C(c3ccccc31)N(C)c1ccccc12. The van der Waals surface area contributed by atoms with Crippen molar-refractivity contribution in [3.05, 3.63) is 71.3 Å². The van der Waals surface area contributed by atoms with Crippen LogP contribution in [0.15, 0.2) is 54.6 Å². The Labute approximate surface area is 124 Å². The number of hydrogen-bond acceptors (Lipinski definition) is 2. The number of likely N-dealkylation sites (N-methyl/N-ethyl adjacent to an activating group) is 1. The Hall–Kier alpha value is -2.35. The summed E-state index contributed by atoms with van der Waals surface area (Å²) in [5, 5.41) is 0. The van der Waals surface area contributed by atoms with Crippen molar-refractivity contribution >= 4 is 17.0 Å². The van der Waals surface area contributed by atoms with Crippen molar-refractivity contribution < 1.29 is 4.79 Å². The fourth-order valence-electron chi connectivity index (χ4n) is 3.69. The molecule has 2 nitrogen and oxygen atoms in total. The molecule has 4 rings (SSSR count). The molecule has 1 aliphatic carbocycles. The predicted molar refractivity (Wildman–Crippen MR) is 85.4 cm³/mol. The van der Waals surface area contributed by atoms with Gasteiger partial charge in [-0.25, -0.2) is 0 Å². The molecule has 1 aliphatic heterocycles. The molecule has 0 saturated carbocycles. The van der Waals surface area contributed by atoms with Crippen molar-refractivity contribution in [1.29, 1.82) is 0 Å². The first-order valence-corrected chi connectivity index (χ1v) is 7.31. The summed E-state index contributed by atoms with van der Waals surface area (Å²) in [6.07, 6.45) is 2.13. The Morgan fingerprint density at radius 1 is 0.952 bits per heavy atom. The van der Waals surface area contributed by atoms with E-state index >= 15 is 0 Å². The van der Waals surface area contributed by atoms with Gasteiger partial charge in [-0.1, -0.05) is 48.5 Å². The fraction of sp³-hybridized carbons (Fsp3) is 0.211. The van der Waals surface area contributed by atoms with Gasteiger partial charge < -0.3 is 4.90 Å². The van der Waals surface area contributed by atoms with Crippen LogP contribution in [0, 0.1) is 0 Å². The van der Waals surface area contributed by atoms with Gasteiger partial charge in [0.1, 0.15) is 6.04 Å². The molecular weight excluding hydrogens is 258 g/mol. The van der Waals surface area contributed by atoms with Crippen molar-refractivity contribution in [2.24, 2.45) is 0 Å². The molecule has 0 fully saturated rings. The second-order valence-electron chi connectivity index (χ2n) is 5.89. The summed E-state index contributed by atoms with van der Waals surface area (Å²) in [6.45, 7) is 2.11. The number of carbonyl (C=O) groups excluding carboxylic acids is 1. The minimum absolute atomic E-state index is 0.130. The van der Waals surface area contributed by atoms with Gasteiger partial charge in [-0.2, -0.15) is 0 Å². The van der Waals surface area contributed by atoms with E-state index in [9.17, 15) is 4.79 Å². The van der Waals surface area contributed by atoms with Crippen molar-refractivity contribution in [2.75, 3.05) is 11.9 Å². The Balaban J connectivity index is 2.05. The summed E-state index contributed by atoms with van der Waals surface area (Å²) in [4.78, 5) is 15.1. The van der Waals surface area contributed by atoms with Gasteiger partial charge in [0, 0.05) is 12.7 Å². The van der Waals surface area contributed by atoms with Crippen molar-refractivity contribution in [1.82, 2.24) is 0 Å². The molecule has 104 valence electrons. The molecule has 0 radical (unpaired) electrons. The number of nitrogens with zero attached hydrogens (tertiary/aromatic N) is 1. The fourth-order valence-corrected chi connectivity index (χ4v) is 3.69. The van der Waals surface area contributed by atoms with Crippen LogP contribution in [0.3, 0.4) is 0 Å². The lowest BCUT2D eigenvalue weighted by atomic mass is 9.83. The van der Waals surface area contributed by atoms with E-state index in [2.05, 4.69) is 42.2 Å². The molecule has 1 heterocycles. The molecule has 2 aromatic carbocycles. The molecule has 2 heteroatoms. The molecule has 2 atom stereocenters. The van der Waals surface area contributed by atoms with Crippen LogP contribution in [-0.2, 0) is 4.79 Å². The van der Waals surface area contributed by atoms with Crippen LogP contribution in [0.25, 0.3) is 5.57 Å². The van der Waals surface area contributed by atoms with E-state index in [1.807, 2.05) is 31.3 Å². The van der Waals surface area contributed by atoms with Gasteiger partial charge in [0.15, 0.2) is 5.78 Å². The lowest BCUT2D eigenvalue weighted by molar-refractivity contribution is -0.121. The summed E-state index contributed by atoms with van der Waals surface area (Å²) >= 11 is 0. The van der Waals surface area contributed by atoms with E-state index in [1.165, 1.54) is 11.1 Å². The van der Waals surface area contributed by atoms with Crippen molar-refractivity contribution in [3.63, 3.8) is 0 Å². The third-order valence-electron chi connectivity index (χ3n) is 4.71. The number of fused-ring (bicyclic) bond motifs is 6. The molecule has 0 amide bonds. The Morgan fingerprint density at radius 3 is 2.43 bits per heavy atom.